The number of carbonyl (C=O) groups is 1. The molecular weight excluding hydrogens is 240 g/mol. The molecule has 0 amide bonds. The van der Waals surface area contributed by atoms with Crippen LogP contribution in [-0.4, -0.2) is 29.2 Å². The van der Waals surface area contributed by atoms with Gasteiger partial charge in [-0.1, -0.05) is 0 Å². The van der Waals surface area contributed by atoms with Crippen LogP contribution in [0.5, 0.6) is 0 Å². The highest BCUT2D eigenvalue weighted by Gasteiger charge is 2.15. The van der Waals surface area contributed by atoms with Crippen LogP contribution in [0.15, 0.2) is 21.9 Å². The normalized spacial score (nSPS) is 11.1. The first-order chi connectivity index (χ1) is 8.58. The van der Waals surface area contributed by atoms with Crippen molar-refractivity contribution in [2.45, 2.75) is 13.8 Å². The largest absolute Gasteiger partial charge is 0.501 e. The van der Waals surface area contributed by atoms with Crippen molar-refractivity contribution in [3.63, 3.8) is 0 Å². The minimum atomic E-state index is -0.704. The van der Waals surface area contributed by atoms with Gasteiger partial charge in [-0.05, 0) is 13.8 Å². The topological polar surface area (TPSA) is 101 Å². The van der Waals surface area contributed by atoms with E-state index in [1.165, 1.54) is 0 Å². The van der Waals surface area contributed by atoms with Gasteiger partial charge < -0.3 is 14.5 Å². The molecule has 0 unspecified atom stereocenters. The van der Waals surface area contributed by atoms with Crippen molar-refractivity contribution in [1.29, 1.82) is 0 Å². The van der Waals surface area contributed by atoms with Gasteiger partial charge in [0.05, 0.1) is 25.2 Å². The third-order valence-electron chi connectivity index (χ3n) is 1.91. The fourth-order valence-corrected chi connectivity index (χ4v) is 1.21. The Morgan fingerprint density at radius 2 is 2.00 bits per heavy atom. The third-order valence-corrected chi connectivity index (χ3v) is 1.91. The van der Waals surface area contributed by atoms with Gasteiger partial charge in [0, 0.05) is 6.07 Å². The minimum absolute atomic E-state index is 0.0121. The fourth-order valence-electron chi connectivity index (χ4n) is 1.21. The van der Waals surface area contributed by atoms with Crippen LogP contribution >= 0.6 is 0 Å². The van der Waals surface area contributed by atoms with Gasteiger partial charge in [-0.3, -0.25) is 9.78 Å². The Kier molecular flexibility index (Phi) is 4.91. The molecule has 0 spiro atoms. The maximum absolute atomic E-state index is 11.7. The molecule has 1 aromatic heterocycles. The van der Waals surface area contributed by atoms with Crippen LogP contribution in [0, 0.1) is 0 Å². The van der Waals surface area contributed by atoms with E-state index in [4.69, 9.17) is 9.47 Å². The number of rotatable bonds is 5. The first-order valence-electron chi connectivity index (χ1n) is 5.41. The zero-order valence-electron chi connectivity index (χ0n) is 10.1. The van der Waals surface area contributed by atoms with Crippen molar-refractivity contribution in [2.24, 2.45) is 0 Å². The molecule has 0 aromatic carbocycles. The second kappa shape index (κ2) is 6.43. The molecule has 0 aliphatic heterocycles. The number of hydrogen-bond acceptors (Lipinski definition) is 5. The van der Waals surface area contributed by atoms with Crippen molar-refractivity contribution >= 4 is 11.5 Å². The number of esters is 1. The number of hydrogen-bond donors (Lipinski definition) is 2. The van der Waals surface area contributed by atoms with E-state index in [1.807, 2.05) is 4.98 Å². The molecule has 0 saturated heterocycles. The molecule has 98 valence electrons. The highest BCUT2D eigenvalue weighted by molar-refractivity contribution is 6.15. The predicted octanol–water partition coefficient (Wildman–Crippen LogP) is 0.00370. The first-order valence-corrected chi connectivity index (χ1v) is 5.41. The standard InChI is InChI=1S/C11H14N2O5/c1-3-17-6-7(10(15)18-4-2)8-5-9(14)13-11(16)12-8/h5-6H,3-4H2,1-2H3,(H2,12,13,14,16). The molecule has 2 N–H and O–H groups in total. The molecule has 0 aliphatic rings. The molecule has 0 atom stereocenters. The summed E-state index contributed by atoms with van der Waals surface area (Å²) < 4.78 is 9.81. The van der Waals surface area contributed by atoms with Crippen LogP contribution in [0.3, 0.4) is 0 Å². The summed E-state index contributed by atoms with van der Waals surface area (Å²) in [4.78, 5) is 38.3. The van der Waals surface area contributed by atoms with Crippen LogP contribution in [0.1, 0.15) is 19.5 Å². The van der Waals surface area contributed by atoms with E-state index in [-0.39, 0.29) is 17.9 Å². The molecule has 1 heterocycles. The SMILES string of the molecule is CCOC=C(C(=O)OCC)c1cc(=O)[nH]c(=O)[nH]1. The van der Waals surface area contributed by atoms with Gasteiger partial charge in [-0.15, -0.1) is 0 Å². The van der Waals surface area contributed by atoms with Crippen LogP contribution < -0.4 is 11.2 Å². The average Bonchev–Trinajstić information content (AvgIpc) is 2.28. The van der Waals surface area contributed by atoms with E-state index in [1.54, 1.807) is 13.8 Å². The van der Waals surface area contributed by atoms with Gasteiger partial charge >= 0.3 is 11.7 Å². The first kappa shape index (κ1) is 13.8. The molecule has 18 heavy (non-hydrogen) atoms. The summed E-state index contributed by atoms with van der Waals surface area (Å²) in [5.41, 5.74) is -1.28. The summed E-state index contributed by atoms with van der Waals surface area (Å²) in [6.07, 6.45) is 1.16. The molecule has 0 fully saturated rings. The minimum Gasteiger partial charge on any atom is -0.501 e. The fraction of sp³-hybridized carbons (Fsp3) is 0.364. The van der Waals surface area contributed by atoms with Crippen LogP contribution in [0.25, 0.3) is 5.57 Å². The van der Waals surface area contributed by atoms with Crippen LogP contribution in [0.2, 0.25) is 0 Å². The Morgan fingerprint density at radius 1 is 1.28 bits per heavy atom. The predicted molar refractivity (Wildman–Crippen MR) is 63.9 cm³/mol. The molecule has 0 aliphatic carbocycles. The maximum Gasteiger partial charge on any atom is 0.343 e. The molecule has 1 aromatic rings. The van der Waals surface area contributed by atoms with Gasteiger partial charge in [0.25, 0.3) is 5.56 Å². The summed E-state index contributed by atoms with van der Waals surface area (Å²) in [7, 11) is 0. The summed E-state index contributed by atoms with van der Waals surface area (Å²) in [6.45, 7) is 3.91. The van der Waals surface area contributed by atoms with E-state index in [2.05, 4.69) is 4.98 Å². The molecule has 0 radical (unpaired) electrons. The number of carbonyl (C=O) groups excluding carboxylic acids is 1. The molecule has 7 nitrogen and oxygen atoms in total. The average molecular weight is 254 g/mol. The molecule has 1 rings (SSSR count). The summed E-state index contributed by atoms with van der Waals surface area (Å²) in [5, 5.41) is 0. The van der Waals surface area contributed by atoms with Crippen molar-refractivity contribution in [1.82, 2.24) is 9.97 Å². The quantitative estimate of drug-likeness (QED) is 0.437. The van der Waals surface area contributed by atoms with Gasteiger partial charge in [0.2, 0.25) is 0 Å². The highest BCUT2D eigenvalue weighted by atomic mass is 16.5. The molecular formula is C11H14N2O5. The van der Waals surface area contributed by atoms with Gasteiger partial charge in [-0.25, -0.2) is 9.59 Å². The van der Waals surface area contributed by atoms with Crippen LogP contribution in [0.4, 0.5) is 0 Å². The molecule has 7 heteroatoms. The second-order valence-electron chi connectivity index (χ2n) is 3.21. The smallest absolute Gasteiger partial charge is 0.343 e. The monoisotopic (exact) mass is 254 g/mol. The van der Waals surface area contributed by atoms with Gasteiger partial charge in [0.15, 0.2) is 0 Å². The Labute approximate surface area is 102 Å². The lowest BCUT2D eigenvalue weighted by Gasteiger charge is -2.06. The van der Waals surface area contributed by atoms with Crippen molar-refractivity contribution in [3.8, 4) is 0 Å². The Balaban J connectivity index is 3.21. The van der Waals surface area contributed by atoms with E-state index in [9.17, 15) is 14.4 Å². The number of aromatic amines is 2. The van der Waals surface area contributed by atoms with E-state index in [0.717, 1.165) is 12.3 Å². The maximum atomic E-state index is 11.7. The number of H-pyrrole nitrogens is 2. The van der Waals surface area contributed by atoms with E-state index < -0.39 is 17.2 Å². The van der Waals surface area contributed by atoms with Gasteiger partial charge in [-0.2, -0.15) is 0 Å². The summed E-state index contributed by atoms with van der Waals surface area (Å²) >= 11 is 0. The molecule has 0 bridgehead atoms. The number of nitrogens with one attached hydrogen (secondary N) is 2. The van der Waals surface area contributed by atoms with E-state index in [0.29, 0.717) is 6.61 Å². The number of aromatic nitrogens is 2. The second-order valence-corrected chi connectivity index (χ2v) is 3.21. The number of ether oxygens (including phenoxy) is 2. The third kappa shape index (κ3) is 3.62. The Bertz CT molecular complexity index is 527. The van der Waals surface area contributed by atoms with Crippen molar-refractivity contribution in [3.05, 3.63) is 38.9 Å². The summed E-state index contributed by atoms with van der Waals surface area (Å²) in [5.74, 6) is -0.674. The summed E-state index contributed by atoms with van der Waals surface area (Å²) in [6, 6.07) is 1.09. The van der Waals surface area contributed by atoms with Crippen molar-refractivity contribution < 1.29 is 14.3 Å². The Morgan fingerprint density at radius 3 is 2.56 bits per heavy atom. The highest BCUT2D eigenvalue weighted by Crippen LogP contribution is 2.11. The van der Waals surface area contributed by atoms with Crippen LogP contribution in [-0.2, 0) is 14.3 Å². The lowest BCUT2D eigenvalue weighted by molar-refractivity contribution is -0.136. The lowest BCUT2D eigenvalue weighted by atomic mass is 10.2. The van der Waals surface area contributed by atoms with Crippen molar-refractivity contribution in [2.75, 3.05) is 13.2 Å². The zero-order valence-corrected chi connectivity index (χ0v) is 10.1. The molecule has 0 saturated carbocycles. The van der Waals surface area contributed by atoms with Gasteiger partial charge in [0.1, 0.15) is 5.57 Å². The lowest BCUT2D eigenvalue weighted by Crippen LogP contribution is -2.24. The van der Waals surface area contributed by atoms with E-state index >= 15 is 0 Å². The zero-order chi connectivity index (χ0) is 13.5. The Hall–Kier alpha value is -2.31.